The van der Waals surface area contributed by atoms with Gasteiger partial charge in [-0.05, 0) is 60.9 Å². The van der Waals surface area contributed by atoms with E-state index in [-0.39, 0.29) is 18.0 Å². The quantitative estimate of drug-likeness (QED) is 0.504. The lowest BCUT2D eigenvalue weighted by Crippen LogP contribution is -2.46. The van der Waals surface area contributed by atoms with Gasteiger partial charge in [0.1, 0.15) is 0 Å². The van der Waals surface area contributed by atoms with Crippen molar-refractivity contribution in [2.45, 2.75) is 25.4 Å². The molecule has 2 heterocycles. The molecular formula is C25H26ClN5O2. The van der Waals surface area contributed by atoms with E-state index in [1.807, 2.05) is 36.4 Å². The fourth-order valence-corrected chi connectivity index (χ4v) is 4.09. The molecule has 3 amide bonds. The number of urea groups is 1. The fraction of sp³-hybridized carbons (Fsp3) is 0.240. The summed E-state index contributed by atoms with van der Waals surface area (Å²) in [6, 6.07) is 18.3. The van der Waals surface area contributed by atoms with Gasteiger partial charge in [0.2, 0.25) is 0 Å². The molecule has 2 aromatic carbocycles. The third kappa shape index (κ3) is 6.23. The molecule has 3 N–H and O–H groups in total. The van der Waals surface area contributed by atoms with E-state index in [0.717, 1.165) is 37.2 Å². The zero-order chi connectivity index (χ0) is 23.0. The van der Waals surface area contributed by atoms with Crippen LogP contribution in [0.5, 0.6) is 0 Å². The predicted octanol–water partition coefficient (Wildman–Crippen LogP) is 4.46. The van der Waals surface area contributed by atoms with Crippen molar-refractivity contribution >= 4 is 34.9 Å². The molecule has 7 nitrogen and oxygen atoms in total. The highest BCUT2D eigenvalue weighted by molar-refractivity contribution is 6.30. The molecule has 1 aliphatic rings. The molecule has 0 atom stereocenters. The van der Waals surface area contributed by atoms with E-state index in [1.165, 1.54) is 0 Å². The third-order valence-corrected chi connectivity index (χ3v) is 5.84. The van der Waals surface area contributed by atoms with Crippen molar-refractivity contribution < 1.29 is 9.59 Å². The van der Waals surface area contributed by atoms with E-state index in [0.29, 0.717) is 22.8 Å². The lowest BCUT2D eigenvalue weighted by atomic mass is 10.0. The van der Waals surface area contributed by atoms with Crippen molar-refractivity contribution in [2.75, 3.05) is 23.3 Å². The normalized spacial score (nSPS) is 13.9. The number of rotatable bonds is 6. The first kappa shape index (κ1) is 22.6. The Morgan fingerprint density at radius 3 is 2.52 bits per heavy atom. The Labute approximate surface area is 198 Å². The summed E-state index contributed by atoms with van der Waals surface area (Å²) in [6.07, 6.45) is 5.00. The molecule has 0 saturated carbocycles. The summed E-state index contributed by atoms with van der Waals surface area (Å²) in [5.74, 6) is -0.108. The molecule has 170 valence electrons. The van der Waals surface area contributed by atoms with Crippen molar-refractivity contribution in [1.29, 1.82) is 0 Å². The zero-order valence-electron chi connectivity index (χ0n) is 18.1. The van der Waals surface area contributed by atoms with Crippen LogP contribution in [0.3, 0.4) is 0 Å². The Morgan fingerprint density at radius 1 is 1.00 bits per heavy atom. The summed E-state index contributed by atoms with van der Waals surface area (Å²) in [5, 5.41) is 9.41. The second-order valence-corrected chi connectivity index (χ2v) is 8.36. The second-order valence-electron chi connectivity index (χ2n) is 7.93. The number of para-hydroxylation sites is 1. The Bertz CT molecular complexity index is 1100. The number of piperidine rings is 1. The summed E-state index contributed by atoms with van der Waals surface area (Å²) < 4.78 is 0. The molecule has 0 unspecified atom stereocenters. The molecule has 3 aromatic rings. The summed E-state index contributed by atoms with van der Waals surface area (Å²) in [7, 11) is 0. The van der Waals surface area contributed by atoms with Crippen molar-refractivity contribution in [3.05, 3.63) is 89.2 Å². The number of pyridine rings is 1. The minimum absolute atomic E-state index is 0.0631. The number of nitrogens with one attached hydrogen (secondary N) is 3. The summed E-state index contributed by atoms with van der Waals surface area (Å²) in [4.78, 5) is 31.4. The number of nitrogens with zero attached hydrogens (tertiary/aromatic N) is 2. The third-order valence-electron chi connectivity index (χ3n) is 5.60. The van der Waals surface area contributed by atoms with Crippen LogP contribution in [0.25, 0.3) is 0 Å². The van der Waals surface area contributed by atoms with Crippen LogP contribution in [-0.4, -0.2) is 36.1 Å². The first-order valence-corrected chi connectivity index (χ1v) is 11.3. The van der Waals surface area contributed by atoms with E-state index < -0.39 is 0 Å². The molecule has 1 saturated heterocycles. The van der Waals surface area contributed by atoms with Gasteiger partial charge in [-0.3, -0.25) is 9.78 Å². The van der Waals surface area contributed by atoms with Crippen LogP contribution in [-0.2, 0) is 6.54 Å². The number of amides is 3. The van der Waals surface area contributed by atoms with Gasteiger partial charge in [-0.25, -0.2) is 4.79 Å². The summed E-state index contributed by atoms with van der Waals surface area (Å²) >= 11 is 5.97. The standard InChI is InChI=1S/C25H26ClN5O2/c26-19-4-3-5-21(16-19)30-25(33)29-20-10-14-31(15-11-20)23-7-2-1-6-22(23)24(32)28-17-18-8-12-27-13-9-18/h1-9,12-13,16,20H,10-11,14-15,17H2,(H,28,32)(H2,29,30,33). The van der Waals surface area contributed by atoms with Crippen LogP contribution >= 0.6 is 11.6 Å². The smallest absolute Gasteiger partial charge is 0.319 e. The molecule has 1 aromatic heterocycles. The van der Waals surface area contributed by atoms with Gasteiger partial charge in [0.15, 0.2) is 0 Å². The van der Waals surface area contributed by atoms with Crippen LogP contribution in [0.15, 0.2) is 73.1 Å². The van der Waals surface area contributed by atoms with Crippen molar-refractivity contribution in [3.8, 4) is 0 Å². The number of benzene rings is 2. The highest BCUT2D eigenvalue weighted by Crippen LogP contribution is 2.24. The number of aromatic nitrogens is 1. The van der Waals surface area contributed by atoms with E-state index in [2.05, 4.69) is 25.8 Å². The minimum Gasteiger partial charge on any atom is -0.371 e. The van der Waals surface area contributed by atoms with Crippen LogP contribution < -0.4 is 20.9 Å². The lowest BCUT2D eigenvalue weighted by Gasteiger charge is -2.34. The van der Waals surface area contributed by atoms with Crippen LogP contribution in [0, 0.1) is 0 Å². The van der Waals surface area contributed by atoms with E-state index in [4.69, 9.17) is 11.6 Å². The number of hydrogen-bond donors (Lipinski definition) is 3. The minimum atomic E-state index is -0.244. The average molecular weight is 464 g/mol. The van der Waals surface area contributed by atoms with Gasteiger partial charge in [0, 0.05) is 54.5 Å². The second kappa shape index (κ2) is 10.8. The van der Waals surface area contributed by atoms with Gasteiger partial charge < -0.3 is 20.9 Å². The Kier molecular flexibility index (Phi) is 7.42. The maximum atomic E-state index is 12.9. The summed E-state index contributed by atoms with van der Waals surface area (Å²) in [5.41, 5.74) is 3.21. The zero-order valence-corrected chi connectivity index (χ0v) is 18.9. The number of halogens is 1. The van der Waals surface area contributed by atoms with Crippen molar-refractivity contribution in [3.63, 3.8) is 0 Å². The highest BCUT2D eigenvalue weighted by atomic mass is 35.5. The molecule has 0 bridgehead atoms. The van der Waals surface area contributed by atoms with Gasteiger partial charge in [-0.1, -0.05) is 29.8 Å². The van der Waals surface area contributed by atoms with Gasteiger partial charge in [0.05, 0.1) is 5.56 Å². The maximum Gasteiger partial charge on any atom is 0.319 e. The summed E-state index contributed by atoms with van der Waals surface area (Å²) in [6.45, 7) is 1.94. The average Bonchev–Trinajstić information content (AvgIpc) is 2.84. The highest BCUT2D eigenvalue weighted by Gasteiger charge is 2.23. The van der Waals surface area contributed by atoms with Crippen molar-refractivity contribution in [2.24, 2.45) is 0 Å². The Balaban J connectivity index is 1.31. The molecule has 1 aliphatic heterocycles. The molecule has 33 heavy (non-hydrogen) atoms. The molecule has 0 radical (unpaired) electrons. The van der Waals surface area contributed by atoms with Gasteiger partial charge in [-0.15, -0.1) is 0 Å². The van der Waals surface area contributed by atoms with E-state index in [1.54, 1.807) is 36.7 Å². The lowest BCUT2D eigenvalue weighted by molar-refractivity contribution is 0.0951. The van der Waals surface area contributed by atoms with Gasteiger partial charge in [-0.2, -0.15) is 0 Å². The van der Waals surface area contributed by atoms with Crippen LogP contribution in [0.2, 0.25) is 5.02 Å². The van der Waals surface area contributed by atoms with Gasteiger partial charge in [0.25, 0.3) is 5.91 Å². The largest absolute Gasteiger partial charge is 0.371 e. The van der Waals surface area contributed by atoms with Gasteiger partial charge >= 0.3 is 6.03 Å². The molecule has 0 aliphatic carbocycles. The van der Waals surface area contributed by atoms with E-state index in [9.17, 15) is 9.59 Å². The SMILES string of the molecule is O=C(Nc1cccc(Cl)c1)NC1CCN(c2ccccc2C(=O)NCc2ccncc2)CC1. The first-order chi connectivity index (χ1) is 16.1. The maximum absolute atomic E-state index is 12.9. The number of carbonyl (C=O) groups is 2. The van der Waals surface area contributed by atoms with Crippen molar-refractivity contribution in [1.82, 2.24) is 15.6 Å². The van der Waals surface area contributed by atoms with Crippen LogP contribution in [0.4, 0.5) is 16.2 Å². The number of anilines is 2. The molecule has 8 heteroatoms. The van der Waals surface area contributed by atoms with E-state index >= 15 is 0 Å². The fourth-order valence-electron chi connectivity index (χ4n) is 3.90. The Morgan fingerprint density at radius 2 is 1.76 bits per heavy atom. The number of hydrogen-bond acceptors (Lipinski definition) is 4. The molecule has 4 rings (SSSR count). The van der Waals surface area contributed by atoms with Crippen LogP contribution in [0.1, 0.15) is 28.8 Å². The molecular weight excluding hydrogens is 438 g/mol. The number of carbonyl (C=O) groups excluding carboxylic acids is 2. The predicted molar refractivity (Wildman–Crippen MR) is 131 cm³/mol. The molecule has 0 spiro atoms. The Hall–Kier alpha value is -3.58. The monoisotopic (exact) mass is 463 g/mol. The molecule has 1 fully saturated rings. The topological polar surface area (TPSA) is 86.4 Å². The first-order valence-electron chi connectivity index (χ1n) is 10.9.